The fourth-order valence-electron chi connectivity index (χ4n) is 0. The minimum atomic E-state index is -5.50. The van der Waals surface area contributed by atoms with E-state index in [2.05, 4.69) is 0 Å². The summed E-state index contributed by atoms with van der Waals surface area (Å²) in [6.45, 7) is 0. The van der Waals surface area contributed by atoms with Crippen LogP contribution < -0.4 is 9.41 Å². The third-order valence-corrected chi connectivity index (χ3v) is 0. The van der Waals surface area contributed by atoms with Gasteiger partial charge in [-0.3, -0.25) is 0 Å². The Labute approximate surface area is 81.4 Å². The van der Waals surface area contributed by atoms with Crippen molar-refractivity contribution >= 4 is 48.9 Å². The third-order valence-electron chi connectivity index (χ3n) is 0. The Hall–Kier alpha value is 1.15. The van der Waals surface area contributed by atoms with Crippen molar-refractivity contribution in [1.82, 2.24) is 0 Å². The monoisotopic (exact) mass is 264 g/mol. The van der Waals surface area contributed by atoms with Crippen LogP contribution in [0.15, 0.2) is 0 Å². The maximum atomic E-state index is 9.69. The standard InChI is InChI=1S/CF4.Ba.2FH/c2-1(3,4)5;;;/h;;2*1H/q;+2;;/p-2. The van der Waals surface area contributed by atoms with Crippen LogP contribution in [0.4, 0.5) is 17.6 Å². The van der Waals surface area contributed by atoms with Crippen LogP contribution in [0.1, 0.15) is 0 Å². The second-order valence-corrected chi connectivity index (χ2v) is 0.429. The van der Waals surface area contributed by atoms with Crippen molar-refractivity contribution in [3.63, 3.8) is 0 Å². The van der Waals surface area contributed by atoms with Gasteiger partial charge in [-0.25, -0.2) is 0 Å². The minimum Gasteiger partial charge on any atom is -1.00 e. The maximum Gasteiger partial charge on any atom is 2.00 e. The molecule has 7 heteroatoms. The molecule has 0 aromatic carbocycles. The fraction of sp³-hybridized carbons (Fsp3) is 1.00. The summed E-state index contributed by atoms with van der Waals surface area (Å²) in [4.78, 5) is 0. The molecule has 0 aliphatic heterocycles. The molecular formula is CBaF6. The molecule has 0 bridgehead atoms. The molecule has 48 valence electrons. The summed E-state index contributed by atoms with van der Waals surface area (Å²) in [5.74, 6) is 0. The summed E-state index contributed by atoms with van der Waals surface area (Å²) < 4.78 is 38.8. The number of hydrogen-bond acceptors (Lipinski definition) is 0. The Morgan fingerprint density at radius 2 is 0.750 bits per heavy atom. The number of alkyl halides is 4. The Bertz CT molecular complexity index is 24.0. The Balaban J connectivity index is -0.0000000267. The third kappa shape index (κ3) is 204. The zero-order valence-electron chi connectivity index (χ0n) is 3.47. The van der Waals surface area contributed by atoms with Crippen molar-refractivity contribution in [2.24, 2.45) is 0 Å². The topological polar surface area (TPSA) is 0 Å². The van der Waals surface area contributed by atoms with Crippen molar-refractivity contribution < 1.29 is 27.0 Å². The first-order valence-electron chi connectivity index (χ1n) is 0.756. The summed E-state index contributed by atoms with van der Waals surface area (Å²) in [5, 5.41) is 0. The van der Waals surface area contributed by atoms with Gasteiger partial charge in [0, 0.05) is 0 Å². The largest absolute Gasteiger partial charge is 2.00 e. The van der Waals surface area contributed by atoms with E-state index in [9.17, 15) is 17.6 Å². The molecule has 0 unspecified atom stereocenters. The molecule has 0 aliphatic carbocycles. The SMILES string of the molecule is FC(F)(F)F.[Ba+2].[F-].[F-]. The Morgan fingerprint density at radius 1 is 0.750 bits per heavy atom. The smallest absolute Gasteiger partial charge is 1.00 e. The Morgan fingerprint density at radius 3 is 0.750 bits per heavy atom. The van der Waals surface area contributed by atoms with Gasteiger partial charge in [-0.2, -0.15) is 0 Å². The second-order valence-electron chi connectivity index (χ2n) is 0.429. The number of rotatable bonds is 0. The molecule has 0 nitrogen and oxygen atoms in total. The van der Waals surface area contributed by atoms with Crippen LogP contribution in [-0.2, 0) is 0 Å². The van der Waals surface area contributed by atoms with Gasteiger partial charge in [0.2, 0.25) is 0 Å². The van der Waals surface area contributed by atoms with Gasteiger partial charge in [-0.05, 0) is 0 Å². The zero-order valence-corrected chi connectivity index (χ0v) is 7.92. The molecule has 0 spiro atoms. The van der Waals surface area contributed by atoms with E-state index in [1.54, 1.807) is 0 Å². The van der Waals surface area contributed by atoms with Gasteiger partial charge < -0.3 is 9.41 Å². The summed E-state index contributed by atoms with van der Waals surface area (Å²) in [7, 11) is 0. The van der Waals surface area contributed by atoms with Crippen LogP contribution in [-0.4, -0.2) is 55.3 Å². The molecule has 0 N–H and O–H groups in total. The van der Waals surface area contributed by atoms with E-state index >= 15 is 0 Å². The van der Waals surface area contributed by atoms with E-state index in [1.165, 1.54) is 0 Å². The van der Waals surface area contributed by atoms with Gasteiger partial charge in [0.25, 0.3) is 0 Å². The normalized spacial score (nSPS) is 7.50. The molecule has 0 aliphatic rings. The molecule has 0 saturated carbocycles. The van der Waals surface area contributed by atoms with Crippen molar-refractivity contribution in [1.29, 1.82) is 0 Å². The molecule has 0 heterocycles. The van der Waals surface area contributed by atoms with Gasteiger partial charge in [0.05, 0.1) is 0 Å². The molecule has 0 amide bonds. The first-order chi connectivity index (χ1) is 2.00. The molecule has 0 aromatic heterocycles. The average Bonchev–Trinajstić information content (AvgIpc) is 0.722. The number of hydrogen-bond donors (Lipinski definition) is 0. The molecule has 0 radical (unpaired) electrons. The van der Waals surface area contributed by atoms with E-state index in [4.69, 9.17) is 0 Å². The summed E-state index contributed by atoms with van der Waals surface area (Å²) in [5.41, 5.74) is 0. The van der Waals surface area contributed by atoms with E-state index in [1.807, 2.05) is 0 Å². The van der Waals surface area contributed by atoms with Crippen LogP contribution in [0.25, 0.3) is 0 Å². The summed E-state index contributed by atoms with van der Waals surface area (Å²) >= 11 is 0. The van der Waals surface area contributed by atoms with Crippen LogP contribution in [0.5, 0.6) is 0 Å². The van der Waals surface area contributed by atoms with Crippen molar-refractivity contribution in [2.45, 2.75) is 6.43 Å². The zero-order chi connectivity index (χ0) is 4.50. The van der Waals surface area contributed by atoms with Crippen LogP contribution in [0.3, 0.4) is 0 Å². The average molecular weight is 263 g/mol. The molecule has 0 saturated heterocycles. The first-order valence-corrected chi connectivity index (χ1v) is 0.756. The van der Waals surface area contributed by atoms with Gasteiger partial charge in [0.15, 0.2) is 0 Å². The van der Waals surface area contributed by atoms with Gasteiger partial charge in [-0.1, -0.05) is 0 Å². The van der Waals surface area contributed by atoms with Crippen molar-refractivity contribution in [2.75, 3.05) is 0 Å². The summed E-state index contributed by atoms with van der Waals surface area (Å²) in [6.07, 6.45) is -5.50. The predicted octanol–water partition coefficient (Wildman–Crippen LogP) is -4.90. The first kappa shape index (κ1) is 22.9. The molecule has 0 atom stereocenters. The maximum absolute atomic E-state index is 9.69. The number of halogens is 6. The molecule has 0 aromatic rings. The Kier molecular flexibility index (Phi) is 23.3. The molecular weight excluding hydrogens is 263 g/mol. The second kappa shape index (κ2) is 8.15. The van der Waals surface area contributed by atoms with Gasteiger partial charge >= 0.3 is 55.3 Å². The van der Waals surface area contributed by atoms with E-state index in [-0.39, 0.29) is 58.3 Å². The van der Waals surface area contributed by atoms with Gasteiger partial charge in [0.1, 0.15) is 0 Å². The fourth-order valence-corrected chi connectivity index (χ4v) is 0. The minimum absolute atomic E-state index is 0. The van der Waals surface area contributed by atoms with Gasteiger partial charge in [-0.15, -0.1) is 17.6 Å². The molecule has 0 fully saturated rings. The van der Waals surface area contributed by atoms with Crippen LogP contribution in [0.2, 0.25) is 0 Å². The summed E-state index contributed by atoms with van der Waals surface area (Å²) in [6, 6.07) is 0. The molecule has 8 heavy (non-hydrogen) atoms. The van der Waals surface area contributed by atoms with Crippen molar-refractivity contribution in [3.8, 4) is 0 Å². The predicted molar refractivity (Wildman–Crippen MR) is 12.9 cm³/mol. The molecule has 0 rings (SSSR count). The quantitative estimate of drug-likeness (QED) is 0.304. The van der Waals surface area contributed by atoms with E-state index in [0.717, 1.165) is 0 Å². The van der Waals surface area contributed by atoms with Crippen molar-refractivity contribution in [3.05, 3.63) is 0 Å². The van der Waals surface area contributed by atoms with E-state index in [0.29, 0.717) is 0 Å². The van der Waals surface area contributed by atoms with Crippen LogP contribution in [0, 0.1) is 0 Å². The van der Waals surface area contributed by atoms with Crippen LogP contribution >= 0.6 is 0 Å². The van der Waals surface area contributed by atoms with E-state index < -0.39 is 6.43 Å².